The number of nitrogens with zero attached hydrogens (tertiary/aromatic N) is 2. The number of amides is 1. The monoisotopic (exact) mass is 448 g/mol. The van der Waals surface area contributed by atoms with E-state index in [9.17, 15) is 4.79 Å². The summed E-state index contributed by atoms with van der Waals surface area (Å²) >= 11 is 3.25. The van der Waals surface area contributed by atoms with Crippen LogP contribution in [0.3, 0.4) is 0 Å². The van der Waals surface area contributed by atoms with Crippen molar-refractivity contribution in [2.24, 2.45) is 4.99 Å². The molecule has 0 radical (unpaired) electrons. The number of thioether (sulfide) groups is 1. The van der Waals surface area contributed by atoms with Crippen LogP contribution < -0.4 is 14.3 Å². The Kier molecular flexibility index (Phi) is 5.53. The second kappa shape index (κ2) is 8.61. The molecule has 0 saturated heterocycles. The molecule has 0 bridgehead atoms. The summed E-state index contributed by atoms with van der Waals surface area (Å²) in [4.78, 5) is 18.1. The van der Waals surface area contributed by atoms with Gasteiger partial charge in [-0.3, -0.25) is 4.79 Å². The van der Waals surface area contributed by atoms with Crippen molar-refractivity contribution in [1.29, 1.82) is 0 Å². The number of carbonyl (C=O) groups excluding carboxylic acids is 1. The molecule has 1 aliphatic heterocycles. The van der Waals surface area contributed by atoms with Crippen LogP contribution in [0, 0.1) is 0 Å². The number of aryl methyl sites for hydroxylation is 1. The lowest BCUT2D eigenvalue weighted by atomic mass is 10.0. The van der Waals surface area contributed by atoms with Gasteiger partial charge < -0.3 is 14.0 Å². The maximum atomic E-state index is 12.9. The highest BCUT2D eigenvalue weighted by atomic mass is 32.2. The Hall–Kier alpha value is -3.03. The van der Waals surface area contributed by atoms with Gasteiger partial charge in [0.25, 0.3) is 5.91 Å². The number of hydrogen-bond acceptors (Lipinski definition) is 5. The number of rotatable bonds is 5. The van der Waals surface area contributed by atoms with Crippen molar-refractivity contribution in [3.63, 3.8) is 0 Å². The number of thiazole rings is 1. The second-order valence-electron chi connectivity index (χ2n) is 7.06. The highest BCUT2D eigenvalue weighted by Gasteiger charge is 2.18. The van der Waals surface area contributed by atoms with Crippen molar-refractivity contribution in [2.45, 2.75) is 6.54 Å². The number of hydrogen-bond donors (Lipinski definition) is 0. The van der Waals surface area contributed by atoms with E-state index in [1.165, 1.54) is 11.3 Å². The summed E-state index contributed by atoms with van der Waals surface area (Å²) in [5.74, 6) is 2.15. The number of carbonyl (C=O) groups is 1. The van der Waals surface area contributed by atoms with Gasteiger partial charge in [-0.25, -0.2) is 0 Å². The molecule has 0 aliphatic carbocycles. The molecule has 4 aromatic rings. The molecular formula is C24H20N2O3S2. The second-order valence-corrected chi connectivity index (χ2v) is 9.06. The molecule has 2 heterocycles. The molecule has 0 unspecified atom stereocenters. The smallest absolute Gasteiger partial charge is 0.279 e. The van der Waals surface area contributed by atoms with Crippen molar-refractivity contribution in [1.82, 2.24) is 4.57 Å². The molecule has 1 aliphatic rings. The van der Waals surface area contributed by atoms with Crippen LogP contribution in [0.2, 0.25) is 0 Å². The fourth-order valence-corrected chi connectivity index (χ4v) is 4.96. The zero-order valence-electron chi connectivity index (χ0n) is 16.9. The van der Waals surface area contributed by atoms with E-state index in [1.54, 1.807) is 11.8 Å². The molecule has 156 valence electrons. The maximum absolute atomic E-state index is 12.9. The van der Waals surface area contributed by atoms with Crippen molar-refractivity contribution < 1.29 is 14.3 Å². The Morgan fingerprint density at radius 1 is 1.03 bits per heavy atom. The minimum Gasteiger partial charge on any atom is -0.454 e. The third kappa shape index (κ3) is 3.98. The average Bonchev–Trinajstić information content (AvgIpc) is 3.40. The first-order valence-corrected chi connectivity index (χ1v) is 12.1. The Labute approximate surface area is 188 Å². The molecule has 1 amide bonds. The van der Waals surface area contributed by atoms with Gasteiger partial charge in [0.2, 0.25) is 6.79 Å². The van der Waals surface area contributed by atoms with Crippen LogP contribution in [0.25, 0.3) is 21.3 Å². The van der Waals surface area contributed by atoms with Gasteiger partial charge in [-0.1, -0.05) is 53.8 Å². The van der Waals surface area contributed by atoms with E-state index < -0.39 is 0 Å². The third-order valence-electron chi connectivity index (χ3n) is 5.13. The average molecular weight is 449 g/mol. The van der Waals surface area contributed by atoms with Gasteiger partial charge in [-0.15, -0.1) is 0 Å². The van der Waals surface area contributed by atoms with E-state index in [0.29, 0.717) is 10.4 Å². The van der Waals surface area contributed by atoms with Crippen LogP contribution in [-0.2, 0) is 6.54 Å². The van der Waals surface area contributed by atoms with Crippen LogP contribution in [0.15, 0.2) is 71.7 Å². The molecular weight excluding hydrogens is 428 g/mol. The first-order chi connectivity index (χ1) is 15.2. The molecule has 7 heteroatoms. The van der Waals surface area contributed by atoms with Gasteiger partial charge in [0, 0.05) is 30.0 Å². The van der Waals surface area contributed by atoms with E-state index in [1.807, 2.05) is 54.6 Å². The summed E-state index contributed by atoms with van der Waals surface area (Å²) in [7, 11) is 0. The lowest BCUT2D eigenvalue weighted by Gasteiger charge is -2.05. The first-order valence-electron chi connectivity index (χ1n) is 9.89. The Morgan fingerprint density at radius 2 is 1.74 bits per heavy atom. The number of fused-ring (bicyclic) bond motifs is 2. The van der Waals surface area contributed by atoms with Crippen molar-refractivity contribution >= 4 is 39.2 Å². The summed E-state index contributed by atoms with van der Waals surface area (Å²) in [6, 6.07) is 21.7. The lowest BCUT2D eigenvalue weighted by Crippen LogP contribution is -2.18. The molecule has 5 rings (SSSR count). The normalized spacial score (nSPS) is 13.1. The van der Waals surface area contributed by atoms with Crippen molar-refractivity contribution in [3.05, 3.63) is 77.1 Å². The van der Waals surface area contributed by atoms with E-state index in [-0.39, 0.29) is 12.7 Å². The van der Waals surface area contributed by atoms with Gasteiger partial charge in [0.15, 0.2) is 16.3 Å². The molecule has 1 aromatic heterocycles. The number of aromatic nitrogens is 1. The SMILES string of the molecule is CSCCn1c(=NC(=O)c2ccc(-c3ccccc3)cc2)sc2cc3c(cc21)OCO3. The molecule has 0 saturated carbocycles. The molecule has 5 nitrogen and oxygen atoms in total. The molecule has 0 N–H and O–H groups in total. The van der Waals surface area contributed by atoms with Crippen LogP contribution in [-0.4, -0.2) is 29.3 Å². The van der Waals surface area contributed by atoms with Crippen molar-refractivity contribution in [2.75, 3.05) is 18.8 Å². The summed E-state index contributed by atoms with van der Waals surface area (Å²) in [5.41, 5.74) is 3.77. The highest BCUT2D eigenvalue weighted by molar-refractivity contribution is 7.98. The van der Waals surface area contributed by atoms with Gasteiger partial charge >= 0.3 is 0 Å². The molecule has 0 fully saturated rings. The predicted octanol–water partition coefficient (Wildman–Crippen LogP) is 5.20. The largest absolute Gasteiger partial charge is 0.454 e. The Balaban J connectivity index is 1.52. The van der Waals surface area contributed by atoms with E-state index in [2.05, 4.69) is 27.9 Å². The topological polar surface area (TPSA) is 52.8 Å². The van der Waals surface area contributed by atoms with Gasteiger partial charge in [0.05, 0.1) is 10.2 Å². The van der Waals surface area contributed by atoms with Gasteiger partial charge in [-0.2, -0.15) is 16.8 Å². The van der Waals surface area contributed by atoms with Gasteiger partial charge in [0.1, 0.15) is 0 Å². The number of ether oxygens (including phenoxy) is 2. The third-order valence-corrected chi connectivity index (χ3v) is 6.76. The fourth-order valence-electron chi connectivity index (χ4n) is 3.53. The molecule has 3 aromatic carbocycles. The van der Waals surface area contributed by atoms with Crippen LogP contribution >= 0.6 is 23.1 Å². The summed E-state index contributed by atoms with van der Waals surface area (Å²) in [6.45, 7) is 1.01. The fraction of sp³-hybridized carbons (Fsp3) is 0.167. The summed E-state index contributed by atoms with van der Waals surface area (Å²) in [5, 5.41) is 0. The number of benzene rings is 3. The first kappa shape index (κ1) is 19.9. The standard InChI is InChI=1S/C24H20N2O3S2/c1-30-12-11-26-19-13-20-21(29-15-28-20)14-22(19)31-24(26)25-23(27)18-9-7-17(8-10-18)16-5-3-2-4-6-16/h2-10,13-14H,11-12,15H2,1H3. The van der Waals surface area contributed by atoms with Crippen LogP contribution in [0.1, 0.15) is 10.4 Å². The molecule has 31 heavy (non-hydrogen) atoms. The predicted molar refractivity (Wildman–Crippen MR) is 126 cm³/mol. The van der Waals surface area contributed by atoms with E-state index in [4.69, 9.17) is 9.47 Å². The molecule has 0 spiro atoms. The molecule has 0 atom stereocenters. The van der Waals surface area contributed by atoms with E-state index in [0.717, 1.165) is 45.1 Å². The zero-order valence-corrected chi connectivity index (χ0v) is 18.5. The van der Waals surface area contributed by atoms with Crippen LogP contribution in [0.4, 0.5) is 0 Å². The maximum Gasteiger partial charge on any atom is 0.279 e. The quantitative estimate of drug-likeness (QED) is 0.421. The lowest BCUT2D eigenvalue weighted by molar-refractivity contribution is 0.0998. The van der Waals surface area contributed by atoms with Gasteiger partial charge in [-0.05, 0) is 29.5 Å². The minimum absolute atomic E-state index is 0.242. The Bertz CT molecular complexity index is 1310. The minimum atomic E-state index is -0.246. The van der Waals surface area contributed by atoms with Crippen LogP contribution in [0.5, 0.6) is 11.5 Å². The Morgan fingerprint density at radius 3 is 2.48 bits per heavy atom. The van der Waals surface area contributed by atoms with Crippen molar-refractivity contribution in [3.8, 4) is 22.6 Å². The zero-order chi connectivity index (χ0) is 21.2. The summed E-state index contributed by atoms with van der Waals surface area (Å²) < 4.78 is 14.2. The summed E-state index contributed by atoms with van der Waals surface area (Å²) in [6.07, 6.45) is 2.07. The van der Waals surface area contributed by atoms with E-state index >= 15 is 0 Å². The highest BCUT2D eigenvalue weighted by Crippen LogP contribution is 2.37.